The lowest BCUT2D eigenvalue weighted by Crippen LogP contribution is -2.12. The molecule has 2 heteroatoms. The molecule has 6 aromatic rings. The number of allylic oxidation sites excluding steroid dienone is 6. The van der Waals surface area contributed by atoms with Gasteiger partial charge in [0, 0.05) is 29.4 Å². The molecular weight excluding hydrogens is 617 g/mol. The number of benzene rings is 6. The zero-order chi connectivity index (χ0) is 33.7. The van der Waals surface area contributed by atoms with Crippen molar-refractivity contribution in [1.82, 2.24) is 0 Å². The largest absolute Gasteiger partial charge is 0.310 e. The third-order valence-electron chi connectivity index (χ3n) is 11.2. The van der Waals surface area contributed by atoms with Gasteiger partial charge in [-0.2, -0.15) is 0 Å². The minimum Gasteiger partial charge on any atom is -0.310 e. The lowest BCUT2D eigenvalue weighted by molar-refractivity contribution is 0.854. The maximum atomic E-state index is 5.00. The third kappa shape index (κ3) is 5.39. The van der Waals surface area contributed by atoms with Crippen LogP contribution in [-0.4, -0.2) is 5.71 Å². The first kappa shape index (κ1) is 29.9. The lowest BCUT2D eigenvalue weighted by atomic mass is 9.85. The molecule has 51 heavy (non-hydrogen) atoms. The van der Waals surface area contributed by atoms with Crippen molar-refractivity contribution < 1.29 is 0 Å². The molecule has 0 fully saturated rings. The van der Waals surface area contributed by atoms with Gasteiger partial charge in [0.15, 0.2) is 0 Å². The predicted molar refractivity (Wildman–Crippen MR) is 214 cm³/mol. The first-order chi connectivity index (χ1) is 25.2. The van der Waals surface area contributed by atoms with Crippen LogP contribution in [0.15, 0.2) is 169 Å². The van der Waals surface area contributed by atoms with Crippen molar-refractivity contribution in [3.8, 4) is 11.1 Å². The molecule has 3 aliphatic carbocycles. The number of nitrogens with zero attached hydrogens (tertiary/aromatic N) is 2. The Morgan fingerprint density at radius 2 is 1.25 bits per heavy atom. The van der Waals surface area contributed by atoms with E-state index in [-0.39, 0.29) is 0 Å². The summed E-state index contributed by atoms with van der Waals surface area (Å²) in [5.41, 5.74) is 21.0. The van der Waals surface area contributed by atoms with Crippen LogP contribution in [0.5, 0.6) is 0 Å². The summed E-state index contributed by atoms with van der Waals surface area (Å²) in [6.45, 7) is 0. The van der Waals surface area contributed by atoms with E-state index >= 15 is 0 Å². The van der Waals surface area contributed by atoms with Crippen LogP contribution in [0.3, 0.4) is 0 Å². The number of hydrogen-bond donors (Lipinski definition) is 0. The molecule has 10 rings (SSSR count). The van der Waals surface area contributed by atoms with Crippen molar-refractivity contribution in [2.24, 2.45) is 4.99 Å². The number of para-hydroxylation sites is 1. The van der Waals surface area contributed by atoms with Crippen molar-refractivity contribution in [3.05, 3.63) is 203 Å². The SMILES string of the molecule is C1=CCC(c2ccc(N(c3ccc(-c4ccccc4)cc3)c3ccc4c(c3)CCC3=C4Cc4ccc(C5=Nc6ccccc6C5)cc43)cc2)C=C1. The van der Waals surface area contributed by atoms with Crippen molar-refractivity contribution in [2.45, 2.75) is 38.0 Å². The van der Waals surface area contributed by atoms with Crippen LogP contribution in [-0.2, 0) is 19.3 Å². The van der Waals surface area contributed by atoms with Crippen LogP contribution in [0.25, 0.3) is 22.3 Å². The Labute approximate surface area is 300 Å². The van der Waals surface area contributed by atoms with Crippen LogP contribution in [0.1, 0.15) is 57.7 Å². The zero-order valence-electron chi connectivity index (χ0n) is 28.6. The molecule has 0 N–H and O–H groups in total. The molecule has 6 aromatic carbocycles. The van der Waals surface area contributed by atoms with Crippen molar-refractivity contribution in [3.63, 3.8) is 0 Å². The second-order valence-corrected chi connectivity index (χ2v) is 14.2. The predicted octanol–water partition coefficient (Wildman–Crippen LogP) is 12.5. The number of anilines is 3. The average Bonchev–Trinajstić information content (AvgIpc) is 3.81. The van der Waals surface area contributed by atoms with Crippen molar-refractivity contribution in [2.75, 3.05) is 4.90 Å². The summed E-state index contributed by atoms with van der Waals surface area (Å²) in [5, 5.41) is 0. The minimum atomic E-state index is 0.433. The Morgan fingerprint density at radius 3 is 2.06 bits per heavy atom. The van der Waals surface area contributed by atoms with E-state index in [0.29, 0.717) is 5.92 Å². The number of aryl methyl sites for hydroxylation is 1. The van der Waals surface area contributed by atoms with Gasteiger partial charge in [0.25, 0.3) is 0 Å². The van der Waals surface area contributed by atoms with Crippen LogP contribution >= 0.6 is 0 Å². The van der Waals surface area contributed by atoms with E-state index in [9.17, 15) is 0 Å². The second-order valence-electron chi connectivity index (χ2n) is 14.2. The van der Waals surface area contributed by atoms with E-state index in [1.807, 2.05) is 0 Å². The number of aliphatic imine (C=N–C) groups is 1. The molecular formula is C49H38N2. The van der Waals surface area contributed by atoms with E-state index in [0.717, 1.165) is 43.5 Å². The normalized spacial score (nSPS) is 16.7. The van der Waals surface area contributed by atoms with Crippen LogP contribution in [0, 0.1) is 0 Å². The summed E-state index contributed by atoms with van der Waals surface area (Å²) in [4.78, 5) is 7.43. The first-order valence-electron chi connectivity index (χ1n) is 18.3. The fourth-order valence-electron chi connectivity index (χ4n) is 8.55. The van der Waals surface area contributed by atoms with Gasteiger partial charge in [-0.15, -0.1) is 0 Å². The Kier molecular flexibility index (Phi) is 7.27. The molecule has 1 aliphatic heterocycles. The van der Waals surface area contributed by atoms with E-state index in [4.69, 9.17) is 4.99 Å². The highest BCUT2D eigenvalue weighted by atomic mass is 15.1. The highest BCUT2D eigenvalue weighted by Gasteiger charge is 2.29. The maximum Gasteiger partial charge on any atom is 0.0669 e. The Hall–Kier alpha value is -5.99. The molecule has 0 saturated carbocycles. The van der Waals surface area contributed by atoms with Gasteiger partial charge in [-0.1, -0.05) is 115 Å². The summed E-state index contributed by atoms with van der Waals surface area (Å²) >= 11 is 0. The number of rotatable bonds is 6. The van der Waals surface area contributed by atoms with Gasteiger partial charge in [0.1, 0.15) is 0 Å². The monoisotopic (exact) mass is 654 g/mol. The molecule has 0 aromatic heterocycles. The van der Waals surface area contributed by atoms with Gasteiger partial charge in [-0.3, -0.25) is 4.99 Å². The molecule has 1 atom stereocenters. The van der Waals surface area contributed by atoms with Crippen molar-refractivity contribution >= 4 is 39.6 Å². The number of hydrogen-bond acceptors (Lipinski definition) is 2. The molecule has 0 radical (unpaired) electrons. The smallest absolute Gasteiger partial charge is 0.0669 e. The lowest BCUT2D eigenvalue weighted by Gasteiger charge is -2.28. The van der Waals surface area contributed by atoms with E-state index in [1.54, 1.807) is 0 Å². The van der Waals surface area contributed by atoms with Crippen LogP contribution < -0.4 is 4.90 Å². The molecule has 0 spiro atoms. The first-order valence-corrected chi connectivity index (χ1v) is 18.3. The molecule has 244 valence electrons. The van der Waals surface area contributed by atoms with Crippen molar-refractivity contribution in [1.29, 1.82) is 0 Å². The minimum absolute atomic E-state index is 0.433. The zero-order valence-corrected chi connectivity index (χ0v) is 28.6. The summed E-state index contributed by atoms with van der Waals surface area (Å²) in [7, 11) is 0. The molecule has 1 heterocycles. The van der Waals surface area contributed by atoms with E-state index in [1.165, 1.54) is 78.3 Å². The molecule has 4 aliphatic rings. The third-order valence-corrected chi connectivity index (χ3v) is 11.2. The standard InChI is InChI=1S/C49H38N2/c1-3-9-33(10-4-1)35-17-22-41(23-18-35)51(42-24-19-36(20-25-42)34-11-5-2-6-12-34)43-26-28-44-37(29-43)21-27-45-46-31-40(16-15-38(46)30-47(44)45)49-32-39-13-7-8-14-48(39)50-49/h1-11,13-20,22-26,28-29,31,34H,12,21,27,30,32H2. The maximum absolute atomic E-state index is 5.00. The van der Waals surface area contributed by atoms with Gasteiger partial charge in [0.05, 0.1) is 11.4 Å². The Bertz CT molecular complexity index is 2420. The summed E-state index contributed by atoms with van der Waals surface area (Å²) in [6.07, 6.45) is 14.0. The molecule has 0 saturated heterocycles. The highest BCUT2D eigenvalue weighted by molar-refractivity contribution is 6.08. The van der Waals surface area contributed by atoms with Gasteiger partial charge in [-0.05, 0) is 135 Å². The van der Waals surface area contributed by atoms with Gasteiger partial charge < -0.3 is 4.90 Å². The van der Waals surface area contributed by atoms with E-state index < -0.39 is 0 Å². The number of fused-ring (bicyclic) bond motifs is 5. The van der Waals surface area contributed by atoms with Gasteiger partial charge in [-0.25, -0.2) is 0 Å². The highest BCUT2D eigenvalue weighted by Crippen LogP contribution is 2.47. The quantitative estimate of drug-likeness (QED) is 0.174. The van der Waals surface area contributed by atoms with E-state index in [2.05, 4.69) is 169 Å². The van der Waals surface area contributed by atoms with Gasteiger partial charge in [0.2, 0.25) is 0 Å². The second kappa shape index (κ2) is 12.4. The summed E-state index contributed by atoms with van der Waals surface area (Å²) in [6, 6.07) is 51.7. The fourth-order valence-corrected chi connectivity index (χ4v) is 8.55. The van der Waals surface area contributed by atoms with Crippen LogP contribution in [0.4, 0.5) is 22.7 Å². The average molecular weight is 655 g/mol. The summed E-state index contributed by atoms with van der Waals surface area (Å²) < 4.78 is 0. The molecule has 0 bridgehead atoms. The molecule has 0 amide bonds. The Morgan fingerprint density at radius 1 is 0.510 bits per heavy atom. The fraction of sp³-hybridized carbons (Fsp3) is 0.122. The van der Waals surface area contributed by atoms with Crippen LogP contribution in [0.2, 0.25) is 0 Å². The molecule has 1 unspecified atom stereocenters. The summed E-state index contributed by atoms with van der Waals surface area (Å²) in [5.74, 6) is 0.433. The molecule has 2 nitrogen and oxygen atoms in total. The Balaban J connectivity index is 0.994. The topological polar surface area (TPSA) is 15.6 Å². The van der Waals surface area contributed by atoms with Gasteiger partial charge >= 0.3 is 0 Å².